The van der Waals surface area contributed by atoms with Crippen LogP contribution in [-0.4, -0.2) is 38.9 Å². The highest BCUT2D eigenvalue weighted by molar-refractivity contribution is 7.87. The van der Waals surface area contributed by atoms with Crippen molar-refractivity contribution in [1.82, 2.24) is 14.3 Å². The topological polar surface area (TPSA) is 61.4 Å². The van der Waals surface area contributed by atoms with Crippen molar-refractivity contribution in [1.29, 1.82) is 0 Å². The fraction of sp³-hybridized carbons (Fsp3) is 0.692. The van der Waals surface area contributed by atoms with E-state index in [9.17, 15) is 8.42 Å². The van der Waals surface area contributed by atoms with Crippen LogP contribution in [0, 0.1) is 6.92 Å². The molecule has 116 valence electrons. The number of nitrogens with zero attached hydrogens (tertiary/aromatic N) is 1. The van der Waals surface area contributed by atoms with E-state index in [2.05, 4.69) is 23.9 Å². The summed E-state index contributed by atoms with van der Waals surface area (Å²) in [6.07, 6.45) is 0.799. The summed E-state index contributed by atoms with van der Waals surface area (Å²) in [4.78, 5) is 2.22. The minimum Gasteiger partial charge on any atom is -0.314 e. The summed E-state index contributed by atoms with van der Waals surface area (Å²) in [6.45, 7) is 7.85. The zero-order chi connectivity index (χ0) is 15.2. The van der Waals surface area contributed by atoms with Gasteiger partial charge in [0.05, 0.1) is 0 Å². The van der Waals surface area contributed by atoms with E-state index in [0.717, 1.165) is 17.8 Å². The Morgan fingerprint density at radius 1 is 1.35 bits per heavy atom. The molecule has 0 aliphatic rings. The second-order valence-corrected chi connectivity index (χ2v) is 8.36. The minimum absolute atomic E-state index is 0.357. The van der Waals surface area contributed by atoms with Crippen LogP contribution in [0.1, 0.15) is 30.0 Å². The van der Waals surface area contributed by atoms with Gasteiger partial charge >= 0.3 is 0 Å². The highest BCUT2D eigenvalue weighted by atomic mass is 32.2. The summed E-state index contributed by atoms with van der Waals surface area (Å²) in [5.74, 6) is 0. The highest BCUT2D eigenvalue weighted by Crippen LogP contribution is 2.14. The monoisotopic (exact) mass is 319 g/mol. The quantitative estimate of drug-likeness (QED) is 0.681. The van der Waals surface area contributed by atoms with Gasteiger partial charge < -0.3 is 5.32 Å². The first-order valence-corrected chi connectivity index (χ1v) is 9.06. The van der Waals surface area contributed by atoms with E-state index < -0.39 is 10.2 Å². The largest absolute Gasteiger partial charge is 0.314 e. The van der Waals surface area contributed by atoms with Gasteiger partial charge in [-0.1, -0.05) is 13.8 Å². The normalized spacial score (nSPS) is 12.5. The van der Waals surface area contributed by atoms with Crippen LogP contribution in [0.4, 0.5) is 0 Å². The molecule has 0 saturated heterocycles. The SMILES string of the molecule is Cc1ccc(CNS(=O)(=O)N(C)CCCNC(C)C)s1. The van der Waals surface area contributed by atoms with Gasteiger partial charge in [0.2, 0.25) is 0 Å². The molecule has 0 bridgehead atoms. The number of nitrogens with one attached hydrogen (secondary N) is 2. The van der Waals surface area contributed by atoms with Crippen molar-refractivity contribution >= 4 is 21.5 Å². The van der Waals surface area contributed by atoms with E-state index in [1.165, 1.54) is 9.18 Å². The van der Waals surface area contributed by atoms with E-state index >= 15 is 0 Å². The average molecular weight is 319 g/mol. The maximum atomic E-state index is 12.0. The first-order chi connectivity index (χ1) is 9.31. The molecule has 0 aromatic carbocycles. The van der Waals surface area contributed by atoms with Gasteiger partial charge in [-0.05, 0) is 32.0 Å². The molecule has 1 aromatic heterocycles. The molecule has 1 aromatic rings. The van der Waals surface area contributed by atoms with Crippen molar-refractivity contribution in [3.05, 3.63) is 21.9 Å². The molecular formula is C13H25N3O2S2. The van der Waals surface area contributed by atoms with Crippen LogP contribution in [-0.2, 0) is 16.8 Å². The predicted octanol–water partition coefficient (Wildman–Crippen LogP) is 1.71. The van der Waals surface area contributed by atoms with Crippen LogP contribution in [0.15, 0.2) is 12.1 Å². The average Bonchev–Trinajstić information content (AvgIpc) is 2.77. The number of aryl methyl sites for hydroxylation is 1. The Hall–Kier alpha value is -0.470. The van der Waals surface area contributed by atoms with Gasteiger partial charge in [0, 0.05) is 35.9 Å². The Labute approximate surface area is 126 Å². The van der Waals surface area contributed by atoms with Crippen LogP contribution in [0.3, 0.4) is 0 Å². The zero-order valence-electron chi connectivity index (χ0n) is 12.6. The molecule has 2 N–H and O–H groups in total. The molecule has 0 aliphatic carbocycles. The molecule has 0 spiro atoms. The van der Waals surface area contributed by atoms with Crippen LogP contribution in [0.25, 0.3) is 0 Å². The van der Waals surface area contributed by atoms with Crippen LogP contribution >= 0.6 is 11.3 Å². The maximum absolute atomic E-state index is 12.0. The number of thiophene rings is 1. The molecule has 1 heterocycles. The Morgan fingerprint density at radius 3 is 2.60 bits per heavy atom. The fourth-order valence-electron chi connectivity index (χ4n) is 1.67. The molecule has 0 radical (unpaired) electrons. The van der Waals surface area contributed by atoms with Crippen molar-refractivity contribution in [3.63, 3.8) is 0 Å². The molecule has 1 rings (SSSR count). The van der Waals surface area contributed by atoms with E-state index in [1.807, 2.05) is 19.1 Å². The molecule has 20 heavy (non-hydrogen) atoms. The van der Waals surface area contributed by atoms with Gasteiger partial charge in [0.1, 0.15) is 0 Å². The van der Waals surface area contributed by atoms with Gasteiger partial charge in [0.15, 0.2) is 0 Å². The molecule has 0 unspecified atom stereocenters. The van der Waals surface area contributed by atoms with E-state index in [4.69, 9.17) is 0 Å². The predicted molar refractivity (Wildman–Crippen MR) is 85.2 cm³/mol. The summed E-state index contributed by atoms with van der Waals surface area (Å²) < 4.78 is 28.1. The van der Waals surface area contributed by atoms with Crippen LogP contribution < -0.4 is 10.0 Å². The number of hydrogen-bond acceptors (Lipinski definition) is 4. The van der Waals surface area contributed by atoms with Gasteiger partial charge in [-0.3, -0.25) is 0 Å². The van der Waals surface area contributed by atoms with Gasteiger partial charge in [-0.25, -0.2) is 0 Å². The molecule has 5 nitrogen and oxygen atoms in total. The van der Waals surface area contributed by atoms with Crippen LogP contribution in [0.5, 0.6) is 0 Å². The highest BCUT2D eigenvalue weighted by Gasteiger charge is 2.16. The summed E-state index contributed by atoms with van der Waals surface area (Å²) in [7, 11) is -1.78. The number of hydrogen-bond donors (Lipinski definition) is 2. The lowest BCUT2D eigenvalue weighted by Crippen LogP contribution is -2.39. The molecule has 0 amide bonds. The minimum atomic E-state index is -3.39. The lowest BCUT2D eigenvalue weighted by atomic mass is 10.3. The molecule has 0 saturated carbocycles. The molecular weight excluding hydrogens is 294 g/mol. The maximum Gasteiger partial charge on any atom is 0.279 e. The zero-order valence-corrected chi connectivity index (χ0v) is 14.3. The summed E-state index contributed by atoms with van der Waals surface area (Å²) in [5.41, 5.74) is 0. The number of rotatable bonds is 9. The standard InChI is InChI=1S/C13H25N3O2S2/c1-11(2)14-8-5-9-16(4)20(17,18)15-10-13-7-6-12(3)19-13/h6-7,11,14-15H,5,8-10H2,1-4H3. The Bertz CT molecular complexity index is 497. The summed E-state index contributed by atoms with van der Waals surface area (Å²) in [5, 5.41) is 3.27. The van der Waals surface area contributed by atoms with Gasteiger partial charge in [0.25, 0.3) is 10.2 Å². The smallest absolute Gasteiger partial charge is 0.279 e. The second-order valence-electron chi connectivity index (χ2n) is 5.12. The Balaban J connectivity index is 2.35. The van der Waals surface area contributed by atoms with E-state index in [0.29, 0.717) is 19.1 Å². The molecule has 0 atom stereocenters. The third-order valence-corrected chi connectivity index (χ3v) is 5.35. The lowest BCUT2D eigenvalue weighted by Gasteiger charge is -2.18. The third kappa shape index (κ3) is 6.32. The summed E-state index contributed by atoms with van der Waals surface area (Å²) >= 11 is 1.61. The van der Waals surface area contributed by atoms with E-state index in [-0.39, 0.29) is 0 Å². The molecule has 0 aliphatic heterocycles. The Kier molecular flexibility index (Phi) is 7.11. The lowest BCUT2D eigenvalue weighted by molar-refractivity contribution is 0.439. The molecule has 7 heteroatoms. The third-order valence-electron chi connectivity index (χ3n) is 2.84. The van der Waals surface area contributed by atoms with Gasteiger partial charge in [-0.2, -0.15) is 17.4 Å². The first kappa shape index (κ1) is 17.6. The van der Waals surface area contributed by atoms with Crippen molar-refractivity contribution in [3.8, 4) is 0 Å². The fourth-order valence-corrected chi connectivity index (χ4v) is 3.51. The Morgan fingerprint density at radius 2 is 2.05 bits per heavy atom. The molecule has 0 fully saturated rings. The second kappa shape index (κ2) is 8.09. The van der Waals surface area contributed by atoms with Crippen molar-refractivity contribution < 1.29 is 8.42 Å². The summed E-state index contributed by atoms with van der Waals surface area (Å²) in [6, 6.07) is 4.38. The van der Waals surface area contributed by atoms with E-state index in [1.54, 1.807) is 18.4 Å². The van der Waals surface area contributed by atoms with Crippen molar-refractivity contribution in [2.24, 2.45) is 0 Å². The van der Waals surface area contributed by atoms with Crippen molar-refractivity contribution in [2.45, 2.75) is 39.8 Å². The van der Waals surface area contributed by atoms with Crippen LogP contribution in [0.2, 0.25) is 0 Å². The first-order valence-electron chi connectivity index (χ1n) is 6.81. The van der Waals surface area contributed by atoms with Crippen molar-refractivity contribution in [2.75, 3.05) is 20.1 Å². The van der Waals surface area contributed by atoms with Gasteiger partial charge in [-0.15, -0.1) is 11.3 Å².